The Morgan fingerprint density at radius 1 is 1.18 bits per heavy atom. The van der Waals surface area contributed by atoms with Gasteiger partial charge in [-0.05, 0) is 39.6 Å². The lowest BCUT2D eigenvalue weighted by Crippen LogP contribution is -3.00. The molecule has 3 aliphatic rings. The fourth-order valence-corrected chi connectivity index (χ4v) is 5.93. The summed E-state index contributed by atoms with van der Waals surface area (Å²) in [4.78, 5) is 40.1. The number of phenolic OH excluding ortho intramolecular Hbond substituents is 1. The smallest absolute Gasteiger partial charge is 0.255 e. The lowest BCUT2D eigenvalue weighted by molar-refractivity contribution is -0.159. The second-order valence-electron chi connectivity index (χ2n) is 9.08. The molecule has 0 bridgehead atoms. The van der Waals surface area contributed by atoms with Crippen LogP contribution >= 0.6 is 11.6 Å². The van der Waals surface area contributed by atoms with Crippen molar-refractivity contribution in [3.8, 4) is 5.75 Å². The molecule has 1 saturated carbocycles. The number of primary amides is 1. The predicted octanol–water partition coefficient (Wildman–Crippen LogP) is -2.71. The van der Waals surface area contributed by atoms with E-state index in [1.807, 2.05) is 0 Å². The highest BCUT2D eigenvalue weighted by atomic mass is 35.5. The highest BCUT2D eigenvalue weighted by Crippen LogP contribution is 2.58. The van der Waals surface area contributed by atoms with Crippen molar-refractivity contribution in [3.63, 3.8) is 0 Å². The maximum absolute atomic E-state index is 13.7. The molecule has 0 radical (unpaired) electrons. The first-order chi connectivity index (χ1) is 15.2. The minimum absolute atomic E-state index is 0. The summed E-state index contributed by atoms with van der Waals surface area (Å²) < 4.78 is 0. The number of amides is 1. The van der Waals surface area contributed by atoms with Gasteiger partial charge in [-0.3, -0.25) is 19.3 Å². The summed E-state index contributed by atoms with van der Waals surface area (Å²) in [6, 6.07) is 1.24. The Morgan fingerprint density at radius 2 is 1.76 bits per heavy atom. The SMILES string of the molecule is CN(C)[C@@H]1C(=O)C(C(N)=O)=C(O)[C@@]2(O)C(=O)C3=C(O)c4c(O)ccc(Cl)c4[C@@](C)(O)[C@H]3C[C@@H]12.[Cl-]. The summed E-state index contributed by atoms with van der Waals surface area (Å²) in [5.74, 6) is -8.30. The van der Waals surface area contributed by atoms with Gasteiger partial charge >= 0.3 is 0 Å². The molecule has 0 aliphatic heterocycles. The second kappa shape index (κ2) is 7.96. The van der Waals surface area contributed by atoms with Crippen molar-refractivity contribution in [2.45, 2.75) is 30.6 Å². The summed E-state index contributed by atoms with van der Waals surface area (Å²) in [7, 11) is 2.97. The number of rotatable bonds is 2. The lowest BCUT2D eigenvalue weighted by Gasteiger charge is -2.53. The van der Waals surface area contributed by atoms with Crippen LogP contribution in [0, 0.1) is 11.8 Å². The molecule has 0 unspecified atom stereocenters. The van der Waals surface area contributed by atoms with Crippen LogP contribution in [0.25, 0.3) is 5.76 Å². The van der Waals surface area contributed by atoms with Crippen molar-refractivity contribution in [1.82, 2.24) is 4.90 Å². The first kappa shape index (κ1) is 26.0. The molecule has 4 rings (SSSR count). The van der Waals surface area contributed by atoms with Crippen LogP contribution in [0.15, 0.2) is 29.0 Å². The quantitative estimate of drug-likeness (QED) is 0.229. The number of benzene rings is 1. The molecule has 1 fully saturated rings. The Labute approximate surface area is 205 Å². The third-order valence-corrected chi connectivity index (χ3v) is 7.39. The van der Waals surface area contributed by atoms with Gasteiger partial charge in [0.2, 0.25) is 5.78 Å². The van der Waals surface area contributed by atoms with E-state index in [1.165, 1.54) is 38.1 Å². The number of aromatic hydroxyl groups is 1. The minimum atomic E-state index is -2.78. The number of phenols is 1. The Bertz CT molecular complexity index is 1210. The number of carbonyl (C=O) groups is 3. The van der Waals surface area contributed by atoms with Gasteiger partial charge in [0.1, 0.15) is 22.8 Å². The monoisotopic (exact) mass is 513 g/mol. The molecular weight excluding hydrogens is 491 g/mol. The number of ketones is 2. The number of hydrogen-bond acceptors (Lipinski definition) is 9. The van der Waals surface area contributed by atoms with Crippen LogP contribution in [0.2, 0.25) is 5.02 Å². The number of aliphatic hydroxyl groups excluding tert-OH is 2. The minimum Gasteiger partial charge on any atom is -1.00 e. The number of fused-ring (bicyclic) bond motifs is 3. The summed E-state index contributed by atoms with van der Waals surface area (Å²) in [5.41, 5.74) is -1.10. The first-order valence-corrected chi connectivity index (χ1v) is 10.5. The number of aliphatic hydroxyl groups is 4. The molecule has 1 aromatic carbocycles. The van der Waals surface area contributed by atoms with E-state index in [4.69, 9.17) is 17.3 Å². The normalized spacial score (nSPS) is 32.7. The number of hydrogen-bond donors (Lipinski definition) is 6. The molecule has 10 nitrogen and oxygen atoms in total. The van der Waals surface area contributed by atoms with E-state index in [1.54, 1.807) is 0 Å². The van der Waals surface area contributed by atoms with E-state index >= 15 is 0 Å². The molecule has 5 atom stereocenters. The maximum atomic E-state index is 13.7. The van der Waals surface area contributed by atoms with Crippen molar-refractivity contribution in [1.29, 1.82) is 0 Å². The molecule has 34 heavy (non-hydrogen) atoms. The zero-order valence-corrected chi connectivity index (χ0v) is 19.8. The van der Waals surface area contributed by atoms with Gasteiger partial charge in [0.15, 0.2) is 11.4 Å². The maximum Gasteiger partial charge on any atom is 0.255 e. The van der Waals surface area contributed by atoms with Crippen molar-refractivity contribution < 1.29 is 52.3 Å². The lowest BCUT2D eigenvalue weighted by atomic mass is 9.54. The number of Topliss-reactive ketones (excluding diaryl/α,β-unsaturated/α-hetero) is 2. The standard InChI is InChI=1S/C22H23ClN2O8.ClH/c1-21(32)7-6-8-15(25(2)3)17(28)13(20(24)31)19(30)22(8,33)18(29)11(7)16(27)12-10(26)5-4-9(23)14(12)21;/h4-5,7-8,15,26-27,30,32-33H,6H2,1-3H3,(H2,24,31);1H/p-1/t7-,8-,15-,21-,22-;/m0./s1. The van der Waals surface area contributed by atoms with E-state index in [2.05, 4.69) is 0 Å². The fraction of sp³-hybridized carbons (Fsp3) is 0.409. The molecule has 1 aromatic rings. The van der Waals surface area contributed by atoms with Crippen LogP contribution in [0.4, 0.5) is 0 Å². The number of nitrogens with two attached hydrogens (primary N) is 1. The Balaban J connectivity index is 0.00000324. The van der Waals surface area contributed by atoms with E-state index in [0.29, 0.717) is 0 Å². The summed E-state index contributed by atoms with van der Waals surface area (Å²) in [6.07, 6.45) is -0.259. The third-order valence-electron chi connectivity index (χ3n) is 7.07. The molecule has 0 heterocycles. The average molecular weight is 514 g/mol. The van der Waals surface area contributed by atoms with Gasteiger partial charge in [-0.2, -0.15) is 0 Å². The van der Waals surface area contributed by atoms with Gasteiger partial charge in [-0.1, -0.05) is 11.6 Å². The molecule has 1 amide bonds. The summed E-state index contributed by atoms with van der Waals surface area (Å²) >= 11 is 6.28. The molecule has 184 valence electrons. The average Bonchev–Trinajstić information content (AvgIpc) is 2.69. The Kier molecular flexibility index (Phi) is 6.08. The van der Waals surface area contributed by atoms with E-state index in [-0.39, 0.29) is 35.0 Å². The first-order valence-electron chi connectivity index (χ1n) is 10.1. The highest BCUT2D eigenvalue weighted by Gasteiger charge is 2.66. The fourth-order valence-electron chi connectivity index (χ4n) is 5.58. The number of nitrogens with zero attached hydrogens (tertiary/aromatic N) is 1. The van der Waals surface area contributed by atoms with Crippen molar-refractivity contribution >= 4 is 34.8 Å². The van der Waals surface area contributed by atoms with Crippen molar-refractivity contribution in [2.24, 2.45) is 17.6 Å². The van der Waals surface area contributed by atoms with Crippen LogP contribution in [-0.4, -0.2) is 73.6 Å². The molecule has 0 aromatic heterocycles. The van der Waals surface area contributed by atoms with Crippen molar-refractivity contribution in [3.05, 3.63) is 45.2 Å². The Hall–Kier alpha value is -2.63. The van der Waals surface area contributed by atoms with E-state index in [9.17, 15) is 39.9 Å². The number of halogens is 2. The van der Waals surface area contributed by atoms with E-state index in [0.717, 1.165) is 0 Å². The third kappa shape index (κ3) is 3.03. The topological polar surface area (TPSA) is 182 Å². The predicted molar refractivity (Wildman–Crippen MR) is 115 cm³/mol. The van der Waals surface area contributed by atoms with Gasteiger partial charge in [0, 0.05) is 28.0 Å². The molecule has 12 heteroatoms. The van der Waals surface area contributed by atoms with Crippen LogP contribution in [0.1, 0.15) is 24.5 Å². The summed E-state index contributed by atoms with van der Waals surface area (Å²) in [6.45, 7) is 1.34. The highest BCUT2D eigenvalue weighted by molar-refractivity contribution is 6.32. The Morgan fingerprint density at radius 3 is 2.29 bits per heavy atom. The molecule has 7 N–H and O–H groups in total. The van der Waals surface area contributed by atoms with Crippen LogP contribution in [0.3, 0.4) is 0 Å². The summed E-state index contributed by atoms with van der Waals surface area (Å²) in [5, 5.41) is 55.2. The molecule has 0 spiro atoms. The van der Waals surface area contributed by atoms with Gasteiger partial charge < -0.3 is 43.7 Å². The van der Waals surface area contributed by atoms with Crippen LogP contribution in [-0.2, 0) is 20.0 Å². The van der Waals surface area contributed by atoms with Gasteiger partial charge in [-0.25, -0.2) is 0 Å². The molecule has 0 saturated heterocycles. The van der Waals surface area contributed by atoms with E-state index < -0.39 is 75.0 Å². The molecule has 3 aliphatic carbocycles. The number of likely N-dealkylation sites (N-methyl/N-ethyl adjacent to an activating group) is 1. The van der Waals surface area contributed by atoms with Gasteiger partial charge in [0.25, 0.3) is 5.91 Å². The number of carbonyl (C=O) groups excluding carboxylic acids is 3. The van der Waals surface area contributed by atoms with Gasteiger partial charge in [0.05, 0.1) is 17.2 Å². The van der Waals surface area contributed by atoms with Gasteiger partial charge in [-0.15, -0.1) is 0 Å². The molecular formula is C22H23Cl2N2O8-. The van der Waals surface area contributed by atoms with Crippen molar-refractivity contribution in [2.75, 3.05) is 14.1 Å². The van der Waals surface area contributed by atoms with Crippen LogP contribution in [0.5, 0.6) is 5.75 Å². The second-order valence-corrected chi connectivity index (χ2v) is 9.48. The zero-order chi connectivity index (χ0) is 24.8. The van der Waals surface area contributed by atoms with Crippen LogP contribution < -0.4 is 18.1 Å². The largest absolute Gasteiger partial charge is 1.00 e. The zero-order valence-electron chi connectivity index (χ0n) is 18.3.